The molecule has 5 heteroatoms. The first kappa shape index (κ1) is 24.0. The van der Waals surface area contributed by atoms with E-state index in [0.717, 1.165) is 52.5 Å². The third-order valence-electron chi connectivity index (χ3n) is 6.48. The fourth-order valence-electron chi connectivity index (χ4n) is 4.03. The van der Waals surface area contributed by atoms with Gasteiger partial charge < -0.3 is 14.4 Å². The highest BCUT2D eigenvalue weighted by Gasteiger charge is 2.27. The van der Waals surface area contributed by atoms with Crippen molar-refractivity contribution < 1.29 is 9.84 Å². The average Bonchev–Trinajstić information content (AvgIpc) is 3.18. The van der Waals surface area contributed by atoms with Gasteiger partial charge in [-0.1, -0.05) is 45.0 Å². The van der Waals surface area contributed by atoms with Crippen LogP contribution in [-0.4, -0.2) is 71.0 Å². The first-order valence-electron chi connectivity index (χ1n) is 11.6. The minimum absolute atomic E-state index is 0.144. The van der Waals surface area contributed by atoms with Gasteiger partial charge in [0.2, 0.25) is 0 Å². The summed E-state index contributed by atoms with van der Waals surface area (Å²) in [4.78, 5) is 4.87. The highest BCUT2D eigenvalue weighted by molar-refractivity contribution is 5.28. The number of hydrogen-bond donors (Lipinski definition) is 1. The topological polar surface area (TPSA) is 40.9 Å². The third-order valence-corrected chi connectivity index (χ3v) is 6.48. The molecular formula is C26H41N3O2. The maximum atomic E-state index is 10.0. The average molecular weight is 428 g/mol. The van der Waals surface area contributed by atoms with E-state index in [1.54, 1.807) is 0 Å². The van der Waals surface area contributed by atoms with Gasteiger partial charge in [0.1, 0.15) is 0 Å². The molecule has 0 radical (unpaired) electrons. The highest BCUT2D eigenvalue weighted by Crippen LogP contribution is 2.23. The summed E-state index contributed by atoms with van der Waals surface area (Å²) in [5.41, 5.74) is 3.86. The van der Waals surface area contributed by atoms with Crippen molar-refractivity contribution in [2.45, 2.75) is 58.7 Å². The number of morpholine rings is 1. The summed E-state index contributed by atoms with van der Waals surface area (Å²) in [7, 11) is 0. The molecule has 31 heavy (non-hydrogen) atoms. The summed E-state index contributed by atoms with van der Waals surface area (Å²) in [6, 6.07) is 13.3. The molecule has 2 heterocycles. The number of rotatable bonds is 9. The van der Waals surface area contributed by atoms with Crippen molar-refractivity contribution in [1.29, 1.82) is 0 Å². The molecule has 0 saturated carbocycles. The van der Waals surface area contributed by atoms with Gasteiger partial charge in [-0.3, -0.25) is 9.80 Å². The maximum Gasteiger partial charge on any atom is 0.0610 e. The largest absolute Gasteiger partial charge is 0.394 e. The van der Waals surface area contributed by atoms with Gasteiger partial charge in [0.05, 0.1) is 19.8 Å². The van der Waals surface area contributed by atoms with Gasteiger partial charge in [-0.25, -0.2) is 0 Å². The minimum atomic E-state index is -0.268. The maximum absolute atomic E-state index is 10.0. The molecule has 0 spiro atoms. The van der Waals surface area contributed by atoms with Crippen molar-refractivity contribution in [3.8, 4) is 0 Å². The molecule has 0 bridgehead atoms. The van der Waals surface area contributed by atoms with Gasteiger partial charge >= 0.3 is 0 Å². The van der Waals surface area contributed by atoms with Gasteiger partial charge in [-0.2, -0.15) is 0 Å². The smallest absolute Gasteiger partial charge is 0.0610 e. The number of ether oxygens (including phenoxy) is 1. The summed E-state index contributed by atoms with van der Waals surface area (Å²) >= 11 is 0. The van der Waals surface area contributed by atoms with E-state index in [4.69, 9.17) is 4.74 Å². The quantitative estimate of drug-likeness (QED) is 0.662. The van der Waals surface area contributed by atoms with Crippen LogP contribution in [0.5, 0.6) is 0 Å². The molecule has 2 aromatic rings. The van der Waals surface area contributed by atoms with Crippen molar-refractivity contribution in [2.75, 3.05) is 46.0 Å². The van der Waals surface area contributed by atoms with Crippen LogP contribution in [0.25, 0.3) is 0 Å². The second kappa shape index (κ2) is 10.3. The first-order chi connectivity index (χ1) is 14.7. The van der Waals surface area contributed by atoms with Gasteiger partial charge in [0.15, 0.2) is 0 Å². The van der Waals surface area contributed by atoms with Crippen molar-refractivity contribution in [3.05, 3.63) is 59.4 Å². The standard InChI is InChI=1S/C26H41N3O2/c1-25(2,3)23-10-8-22(9-11-23)19-28-12-6-7-24(28)20-29(26(4,5)21-30)14-13-27-15-17-31-18-16-27/h6-12,30H,13-21H2,1-5H3. The highest BCUT2D eigenvalue weighted by atomic mass is 16.5. The van der Waals surface area contributed by atoms with E-state index in [0.29, 0.717) is 0 Å². The molecule has 5 nitrogen and oxygen atoms in total. The first-order valence-corrected chi connectivity index (χ1v) is 11.6. The molecule has 0 atom stereocenters. The van der Waals surface area contributed by atoms with Crippen LogP contribution in [0, 0.1) is 0 Å². The lowest BCUT2D eigenvalue weighted by atomic mass is 9.87. The van der Waals surface area contributed by atoms with Gasteiger partial charge in [0.25, 0.3) is 0 Å². The van der Waals surface area contributed by atoms with Crippen LogP contribution in [0.2, 0.25) is 0 Å². The molecule has 1 aliphatic rings. The third kappa shape index (κ3) is 6.66. The molecule has 3 rings (SSSR count). The van der Waals surface area contributed by atoms with Crippen LogP contribution in [0.15, 0.2) is 42.6 Å². The lowest BCUT2D eigenvalue weighted by Gasteiger charge is -2.39. The van der Waals surface area contributed by atoms with Crippen LogP contribution >= 0.6 is 0 Å². The van der Waals surface area contributed by atoms with Crippen molar-refractivity contribution in [3.63, 3.8) is 0 Å². The van der Waals surface area contributed by atoms with Crippen LogP contribution in [0.4, 0.5) is 0 Å². The van der Waals surface area contributed by atoms with E-state index in [2.05, 4.69) is 91.6 Å². The van der Waals surface area contributed by atoms with E-state index < -0.39 is 0 Å². The summed E-state index contributed by atoms with van der Waals surface area (Å²) in [6.45, 7) is 18.4. The van der Waals surface area contributed by atoms with Gasteiger partial charge in [0, 0.05) is 56.7 Å². The molecule has 0 unspecified atom stereocenters. The summed E-state index contributed by atoms with van der Waals surface area (Å²) in [5, 5.41) is 10.0. The zero-order valence-electron chi connectivity index (χ0n) is 20.1. The Morgan fingerprint density at radius 3 is 2.29 bits per heavy atom. The number of aliphatic hydroxyl groups excluding tert-OH is 1. The molecule has 1 aromatic carbocycles. The molecular weight excluding hydrogens is 386 g/mol. The van der Waals surface area contributed by atoms with Crippen LogP contribution in [0.3, 0.4) is 0 Å². The Labute approximate surface area is 188 Å². The molecule has 1 fully saturated rings. The number of hydrogen-bond acceptors (Lipinski definition) is 4. The number of nitrogens with zero attached hydrogens (tertiary/aromatic N) is 3. The summed E-state index contributed by atoms with van der Waals surface area (Å²) < 4.78 is 7.81. The molecule has 1 N–H and O–H groups in total. The predicted molar refractivity (Wildman–Crippen MR) is 128 cm³/mol. The lowest BCUT2D eigenvalue weighted by Crippen LogP contribution is -2.50. The monoisotopic (exact) mass is 427 g/mol. The predicted octanol–water partition coefficient (Wildman–Crippen LogP) is 3.74. The Morgan fingerprint density at radius 2 is 1.68 bits per heavy atom. The summed E-state index contributed by atoms with van der Waals surface area (Å²) in [6.07, 6.45) is 2.17. The Kier molecular flexibility index (Phi) is 7.98. The van der Waals surface area contributed by atoms with Crippen molar-refractivity contribution >= 4 is 0 Å². The number of aromatic nitrogens is 1. The Balaban J connectivity index is 1.68. The lowest BCUT2D eigenvalue weighted by molar-refractivity contribution is 0.0114. The fraction of sp³-hybridized carbons (Fsp3) is 0.615. The second-order valence-corrected chi connectivity index (χ2v) is 10.4. The van der Waals surface area contributed by atoms with E-state index in [9.17, 15) is 5.11 Å². The van der Waals surface area contributed by atoms with E-state index in [1.807, 2.05) is 0 Å². The normalized spacial score (nSPS) is 16.2. The zero-order chi connectivity index (χ0) is 22.5. The molecule has 1 aromatic heterocycles. The second-order valence-electron chi connectivity index (χ2n) is 10.4. The fourth-order valence-corrected chi connectivity index (χ4v) is 4.03. The molecule has 172 valence electrons. The number of benzene rings is 1. The Hall–Kier alpha value is -1.66. The van der Waals surface area contributed by atoms with Gasteiger partial charge in [-0.15, -0.1) is 0 Å². The van der Waals surface area contributed by atoms with Crippen LogP contribution in [-0.2, 0) is 23.2 Å². The van der Waals surface area contributed by atoms with Gasteiger partial charge in [-0.05, 0) is 42.5 Å². The SMILES string of the molecule is CC(C)(C)c1ccc(Cn2cccc2CN(CCN2CCOCC2)C(C)(C)CO)cc1. The van der Waals surface area contributed by atoms with E-state index >= 15 is 0 Å². The Bertz CT molecular complexity index is 799. The van der Waals surface area contributed by atoms with Crippen molar-refractivity contribution in [2.24, 2.45) is 0 Å². The summed E-state index contributed by atoms with van der Waals surface area (Å²) in [5.74, 6) is 0. The van der Waals surface area contributed by atoms with E-state index in [-0.39, 0.29) is 17.6 Å². The Morgan fingerprint density at radius 1 is 1.00 bits per heavy atom. The zero-order valence-corrected chi connectivity index (χ0v) is 20.1. The molecule has 1 saturated heterocycles. The molecule has 1 aliphatic heterocycles. The number of aliphatic hydroxyl groups is 1. The van der Waals surface area contributed by atoms with Crippen LogP contribution in [0.1, 0.15) is 51.4 Å². The van der Waals surface area contributed by atoms with E-state index in [1.165, 1.54) is 16.8 Å². The van der Waals surface area contributed by atoms with Crippen molar-refractivity contribution in [1.82, 2.24) is 14.4 Å². The molecule has 0 amide bonds. The minimum Gasteiger partial charge on any atom is -0.394 e. The van der Waals surface area contributed by atoms with Crippen LogP contribution < -0.4 is 0 Å². The molecule has 0 aliphatic carbocycles.